The number of rotatable bonds is 33. The SMILES string of the molecule is C[N+](CCC(F)(F)C(F)(F)C(F)(F)C(F)(F)C(F)(F)C(F)(F)C(F)(F)C(F)(F)F)(CC(=O)NC(CCC(=O)O)(CCC(=O)O)CCC(=O)O)CC(=O)NC(CCC(=O)O)(CCC(=O)O)CCC(=O)O. The number of aliphatic carboxylic acids is 6. The lowest BCUT2D eigenvalue weighted by molar-refractivity contribution is -0.895. The van der Waals surface area contributed by atoms with Crippen LogP contribution in [0.15, 0.2) is 0 Å². The Morgan fingerprint density at radius 2 is 0.580 bits per heavy atom. The van der Waals surface area contributed by atoms with Crippen LogP contribution in [-0.4, -0.2) is 168 Å². The molecule has 0 rings (SSSR count). The number of likely N-dealkylation sites (N-methyl/N-ethyl adjacent to an activating group) is 1. The summed E-state index contributed by atoms with van der Waals surface area (Å²) in [6.45, 7) is -5.73. The van der Waals surface area contributed by atoms with Crippen molar-refractivity contribution < 1.29 is 148 Å². The summed E-state index contributed by atoms with van der Waals surface area (Å²) in [5, 5.41) is 59.4. The molecule has 0 saturated carbocycles. The summed E-state index contributed by atoms with van der Waals surface area (Å²) < 4.78 is 236. The zero-order chi connectivity index (χ0) is 54.8. The number of carboxylic acids is 6. The fourth-order valence-corrected chi connectivity index (χ4v) is 6.54. The van der Waals surface area contributed by atoms with Crippen LogP contribution < -0.4 is 10.6 Å². The van der Waals surface area contributed by atoms with Gasteiger partial charge in [0.05, 0.1) is 20.0 Å². The highest BCUT2D eigenvalue weighted by molar-refractivity contribution is 5.81. The molecule has 0 aliphatic carbocycles. The summed E-state index contributed by atoms with van der Waals surface area (Å²) >= 11 is 0. The van der Waals surface area contributed by atoms with Crippen molar-refractivity contribution in [3.8, 4) is 0 Å². The van der Waals surface area contributed by atoms with Gasteiger partial charge in [-0.25, -0.2) is 0 Å². The predicted molar refractivity (Wildman–Crippen MR) is 189 cm³/mol. The van der Waals surface area contributed by atoms with Gasteiger partial charge in [-0.05, 0) is 38.5 Å². The van der Waals surface area contributed by atoms with E-state index in [0.717, 1.165) is 0 Å². The van der Waals surface area contributed by atoms with Crippen LogP contribution in [0.4, 0.5) is 74.6 Å². The van der Waals surface area contributed by atoms with E-state index in [2.05, 4.69) is 0 Å². The molecule has 0 spiro atoms. The van der Waals surface area contributed by atoms with Crippen LogP contribution in [0.5, 0.6) is 0 Å². The number of carbonyl (C=O) groups excluding carboxylic acids is 2. The first-order valence-electron chi connectivity index (χ1n) is 19.1. The van der Waals surface area contributed by atoms with E-state index in [0.29, 0.717) is 7.05 Å². The second kappa shape index (κ2) is 22.5. The standard InChI is InChI=1S/C35H42F17N3O14/c1-55(16-18(56)53-26(8-2-20(58)59,9-3-21(60)61)10-4-22(62)63,17-19(57)54-27(11-5-23(64)65,12-6-24(66)67)13-7-25(68)69)15-14-28(36,37)29(38,39)30(40,41)31(42,43)32(44,45)33(46,47)34(48,49)35(50,51)52/h2-17H2,1H3,(H7-,53,54,56,57,58,59,60,61,62,63,64,65,66,67,68,69)/p+1. The molecule has 0 unspecified atom stereocenters. The van der Waals surface area contributed by atoms with Gasteiger partial charge in [-0.15, -0.1) is 0 Å². The number of nitrogens with one attached hydrogen (secondary N) is 2. The lowest BCUT2D eigenvalue weighted by Crippen LogP contribution is -2.74. The van der Waals surface area contributed by atoms with E-state index in [1.54, 1.807) is 0 Å². The molecule has 8 N–H and O–H groups in total. The first-order chi connectivity index (χ1) is 30.7. The molecule has 0 heterocycles. The van der Waals surface area contributed by atoms with E-state index in [4.69, 9.17) is 0 Å². The zero-order valence-electron chi connectivity index (χ0n) is 35.1. The van der Waals surface area contributed by atoms with Gasteiger partial charge in [-0.1, -0.05) is 0 Å². The van der Waals surface area contributed by atoms with Crippen molar-refractivity contribution in [1.29, 1.82) is 0 Å². The number of quaternary nitrogens is 1. The molecular formula is C35H43F17N3O14+. The Labute approximate surface area is 375 Å². The predicted octanol–water partition coefficient (Wildman–Crippen LogP) is 5.73. The van der Waals surface area contributed by atoms with Crippen molar-refractivity contribution in [3.63, 3.8) is 0 Å². The van der Waals surface area contributed by atoms with Gasteiger partial charge in [-0.2, -0.15) is 74.6 Å². The van der Waals surface area contributed by atoms with E-state index in [-0.39, 0.29) is 0 Å². The smallest absolute Gasteiger partial charge is 0.460 e. The van der Waals surface area contributed by atoms with Crippen molar-refractivity contribution in [1.82, 2.24) is 10.6 Å². The van der Waals surface area contributed by atoms with E-state index in [9.17, 15) is 135 Å². The molecular weight excluding hydrogens is 1010 g/mol. The van der Waals surface area contributed by atoms with Crippen molar-refractivity contribution in [3.05, 3.63) is 0 Å². The van der Waals surface area contributed by atoms with Gasteiger partial charge in [0.2, 0.25) is 0 Å². The van der Waals surface area contributed by atoms with Gasteiger partial charge in [0.15, 0.2) is 13.1 Å². The Bertz CT molecular complexity index is 1730. The molecule has 400 valence electrons. The van der Waals surface area contributed by atoms with Crippen molar-refractivity contribution in [2.24, 2.45) is 0 Å². The summed E-state index contributed by atoms with van der Waals surface area (Å²) in [4.78, 5) is 95.8. The molecule has 0 radical (unpaired) electrons. The minimum absolute atomic E-state index is 0.342. The third-order valence-electron chi connectivity index (χ3n) is 10.5. The fourth-order valence-electron chi connectivity index (χ4n) is 6.54. The van der Waals surface area contributed by atoms with Gasteiger partial charge < -0.3 is 45.8 Å². The Kier molecular flexibility index (Phi) is 20.7. The highest BCUT2D eigenvalue weighted by Crippen LogP contribution is 2.64. The molecule has 69 heavy (non-hydrogen) atoms. The average Bonchev–Trinajstić information content (AvgIpc) is 3.17. The first kappa shape index (κ1) is 63.5. The molecule has 0 atom stereocenters. The quantitative estimate of drug-likeness (QED) is 0.0288. The van der Waals surface area contributed by atoms with Gasteiger partial charge >= 0.3 is 83.4 Å². The topological polar surface area (TPSA) is 282 Å². The molecule has 0 aliphatic rings. The Balaban J connectivity index is 7.77. The van der Waals surface area contributed by atoms with Gasteiger partial charge in [0.1, 0.15) is 0 Å². The minimum atomic E-state index is -8.97. The van der Waals surface area contributed by atoms with Crippen LogP contribution in [0, 0.1) is 0 Å². The number of carbonyl (C=O) groups is 8. The zero-order valence-corrected chi connectivity index (χ0v) is 35.1. The number of hydrogen-bond donors (Lipinski definition) is 8. The van der Waals surface area contributed by atoms with Crippen LogP contribution >= 0.6 is 0 Å². The number of carboxylic acid groups (broad SMARTS) is 6. The largest absolute Gasteiger partial charge is 0.481 e. The monoisotopic (exact) mass is 1050 g/mol. The molecule has 0 fully saturated rings. The van der Waals surface area contributed by atoms with E-state index in [1.165, 1.54) is 0 Å². The average molecular weight is 1050 g/mol. The normalized spacial score (nSPS) is 13.9. The molecule has 0 aromatic heterocycles. The van der Waals surface area contributed by atoms with Crippen LogP contribution in [0.1, 0.15) is 83.5 Å². The summed E-state index contributed by atoms with van der Waals surface area (Å²) in [6.07, 6.45) is -22.6. The fraction of sp³-hybridized carbons (Fsp3) is 0.771. The molecule has 0 saturated heterocycles. The Morgan fingerprint density at radius 3 is 0.797 bits per heavy atom. The van der Waals surface area contributed by atoms with Crippen molar-refractivity contribution in [2.45, 2.75) is 142 Å². The Morgan fingerprint density at radius 1 is 0.362 bits per heavy atom. The molecule has 0 aliphatic heterocycles. The maximum atomic E-state index is 15.3. The van der Waals surface area contributed by atoms with E-state index < -0.39 is 214 Å². The summed E-state index contributed by atoms with van der Waals surface area (Å²) in [5.41, 5.74) is -4.53. The highest BCUT2D eigenvalue weighted by Gasteiger charge is 2.95. The van der Waals surface area contributed by atoms with Gasteiger partial charge in [0.25, 0.3) is 11.8 Å². The molecule has 34 heteroatoms. The van der Waals surface area contributed by atoms with Crippen LogP contribution in [0.2, 0.25) is 0 Å². The number of nitrogens with zero attached hydrogens (tertiary/aromatic N) is 1. The second-order valence-corrected chi connectivity index (χ2v) is 16.1. The maximum absolute atomic E-state index is 15.3. The first-order valence-corrected chi connectivity index (χ1v) is 19.1. The molecule has 17 nitrogen and oxygen atoms in total. The number of hydrogen-bond acceptors (Lipinski definition) is 8. The van der Waals surface area contributed by atoms with Crippen molar-refractivity contribution in [2.75, 3.05) is 26.7 Å². The third-order valence-corrected chi connectivity index (χ3v) is 10.5. The van der Waals surface area contributed by atoms with Gasteiger partial charge in [-0.3, -0.25) is 38.4 Å². The summed E-state index contributed by atoms with van der Waals surface area (Å²) in [7, 11) is 0.342. The molecule has 0 aromatic carbocycles. The van der Waals surface area contributed by atoms with Crippen LogP contribution in [0.3, 0.4) is 0 Å². The van der Waals surface area contributed by atoms with Gasteiger partial charge in [0, 0.05) is 49.6 Å². The summed E-state index contributed by atoms with van der Waals surface area (Å²) in [5.74, 6) is -72.8. The molecule has 0 aromatic rings. The highest BCUT2D eigenvalue weighted by atomic mass is 19.4. The van der Waals surface area contributed by atoms with Crippen LogP contribution in [-0.2, 0) is 38.4 Å². The number of halogens is 17. The second-order valence-electron chi connectivity index (χ2n) is 16.1. The van der Waals surface area contributed by atoms with Crippen molar-refractivity contribution >= 4 is 47.6 Å². The lowest BCUT2D eigenvalue weighted by Gasteiger charge is -2.43. The molecule has 2 amide bonds. The minimum Gasteiger partial charge on any atom is -0.481 e. The third kappa shape index (κ3) is 15.8. The Hall–Kier alpha value is -5.47. The summed E-state index contributed by atoms with van der Waals surface area (Å²) in [6, 6.07) is 0. The van der Waals surface area contributed by atoms with E-state index >= 15 is 8.78 Å². The van der Waals surface area contributed by atoms with Crippen LogP contribution in [0.25, 0.3) is 0 Å². The van der Waals surface area contributed by atoms with E-state index in [1.807, 2.05) is 10.6 Å². The lowest BCUT2D eigenvalue weighted by atomic mass is 9.83. The maximum Gasteiger partial charge on any atom is 0.460 e. The number of amides is 2. The molecule has 0 bridgehead atoms. The number of alkyl halides is 17.